The maximum atomic E-state index is 6.09. The van der Waals surface area contributed by atoms with Crippen molar-refractivity contribution in [3.05, 3.63) is 29.6 Å². The minimum absolute atomic E-state index is 0.0382. The molecule has 0 bridgehead atoms. The van der Waals surface area contributed by atoms with E-state index >= 15 is 0 Å². The molecule has 0 aliphatic heterocycles. The van der Waals surface area contributed by atoms with Gasteiger partial charge in [-0.1, -0.05) is 13.0 Å². The average Bonchev–Trinajstić information content (AvgIpc) is 2.29. The summed E-state index contributed by atoms with van der Waals surface area (Å²) < 4.78 is 5.01. The Balaban J connectivity index is 2.59. The second kappa shape index (κ2) is 6.53. The zero-order valence-electron chi connectivity index (χ0n) is 9.57. The van der Waals surface area contributed by atoms with Crippen molar-refractivity contribution >= 4 is 0 Å². The van der Waals surface area contributed by atoms with Gasteiger partial charge in [0, 0.05) is 26.0 Å². The second-order valence-electron chi connectivity index (χ2n) is 3.64. The molecule has 0 radical (unpaired) electrons. The molecule has 1 aromatic heterocycles. The van der Waals surface area contributed by atoms with Gasteiger partial charge in [0.1, 0.15) is 0 Å². The Morgan fingerprint density at radius 3 is 3.00 bits per heavy atom. The number of methoxy groups -OCH3 is 1. The Bertz CT molecular complexity index is 289. The van der Waals surface area contributed by atoms with E-state index in [1.165, 1.54) is 5.56 Å². The van der Waals surface area contributed by atoms with Crippen molar-refractivity contribution in [1.29, 1.82) is 0 Å². The molecule has 84 valence electrons. The number of rotatable bonds is 6. The summed E-state index contributed by atoms with van der Waals surface area (Å²) >= 11 is 0. The predicted octanol–water partition coefficient (Wildman–Crippen LogP) is 2.07. The van der Waals surface area contributed by atoms with E-state index in [-0.39, 0.29) is 6.04 Å². The van der Waals surface area contributed by atoms with E-state index < -0.39 is 0 Å². The zero-order valence-corrected chi connectivity index (χ0v) is 9.57. The molecule has 3 heteroatoms. The molecule has 3 nitrogen and oxygen atoms in total. The molecule has 0 aromatic carbocycles. The second-order valence-corrected chi connectivity index (χ2v) is 3.64. The third-order valence-electron chi connectivity index (χ3n) is 2.52. The molecule has 0 amide bonds. The van der Waals surface area contributed by atoms with Crippen LogP contribution in [0.1, 0.15) is 37.1 Å². The largest absolute Gasteiger partial charge is 0.385 e. The third kappa shape index (κ3) is 3.61. The molecule has 0 aliphatic carbocycles. The summed E-state index contributed by atoms with van der Waals surface area (Å²) in [5.41, 5.74) is 8.38. The Labute approximate surface area is 91.7 Å². The number of hydrogen-bond acceptors (Lipinski definition) is 3. The van der Waals surface area contributed by atoms with Crippen LogP contribution in [0.25, 0.3) is 0 Å². The number of ether oxygens (including phenoxy) is 1. The van der Waals surface area contributed by atoms with Crippen molar-refractivity contribution < 1.29 is 4.74 Å². The number of nitrogens with two attached hydrogens (primary N) is 1. The van der Waals surface area contributed by atoms with E-state index in [0.717, 1.165) is 31.6 Å². The SMILES string of the molecule is CCc1cccnc1C(N)CCCOC. The lowest BCUT2D eigenvalue weighted by Gasteiger charge is -2.14. The van der Waals surface area contributed by atoms with Crippen LogP contribution in [0, 0.1) is 0 Å². The van der Waals surface area contributed by atoms with Crippen molar-refractivity contribution in [2.75, 3.05) is 13.7 Å². The van der Waals surface area contributed by atoms with E-state index in [0.29, 0.717) is 0 Å². The lowest BCUT2D eigenvalue weighted by molar-refractivity contribution is 0.190. The molecular formula is C12H20N2O. The fraction of sp³-hybridized carbons (Fsp3) is 0.583. The summed E-state index contributed by atoms with van der Waals surface area (Å²) in [6.07, 6.45) is 4.71. The first-order valence-electron chi connectivity index (χ1n) is 5.47. The Kier molecular flexibility index (Phi) is 5.29. The normalized spacial score (nSPS) is 12.7. The van der Waals surface area contributed by atoms with Crippen LogP contribution in [-0.2, 0) is 11.2 Å². The number of pyridine rings is 1. The van der Waals surface area contributed by atoms with E-state index in [1.807, 2.05) is 12.3 Å². The summed E-state index contributed by atoms with van der Waals surface area (Å²) in [4.78, 5) is 4.36. The minimum atomic E-state index is 0.0382. The smallest absolute Gasteiger partial charge is 0.0602 e. The highest BCUT2D eigenvalue weighted by Crippen LogP contribution is 2.17. The van der Waals surface area contributed by atoms with E-state index in [2.05, 4.69) is 18.0 Å². The lowest BCUT2D eigenvalue weighted by atomic mass is 10.0. The van der Waals surface area contributed by atoms with Gasteiger partial charge in [0.15, 0.2) is 0 Å². The number of aryl methyl sites for hydroxylation is 1. The minimum Gasteiger partial charge on any atom is -0.385 e. The van der Waals surface area contributed by atoms with Crippen LogP contribution >= 0.6 is 0 Å². The van der Waals surface area contributed by atoms with Crippen LogP contribution in [0.15, 0.2) is 18.3 Å². The van der Waals surface area contributed by atoms with Crippen molar-refractivity contribution in [2.24, 2.45) is 5.73 Å². The maximum absolute atomic E-state index is 6.09. The monoisotopic (exact) mass is 208 g/mol. The first kappa shape index (κ1) is 12.1. The first-order valence-corrected chi connectivity index (χ1v) is 5.47. The fourth-order valence-electron chi connectivity index (χ4n) is 1.67. The van der Waals surface area contributed by atoms with Crippen LogP contribution in [0.3, 0.4) is 0 Å². The van der Waals surface area contributed by atoms with Crippen molar-refractivity contribution in [2.45, 2.75) is 32.2 Å². The molecular weight excluding hydrogens is 188 g/mol. The van der Waals surface area contributed by atoms with Gasteiger partial charge >= 0.3 is 0 Å². The van der Waals surface area contributed by atoms with Gasteiger partial charge in [-0.2, -0.15) is 0 Å². The molecule has 1 rings (SSSR count). The molecule has 15 heavy (non-hydrogen) atoms. The highest BCUT2D eigenvalue weighted by atomic mass is 16.5. The van der Waals surface area contributed by atoms with Gasteiger partial charge in [-0.25, -0.2) is 0 Å². The topological polar surface area (TPSA) is 48.1 Å². The molecule has 1 unspecified atom stereocenters. The van der Waals surface area contributed by atoms with Gasteiger partial charge in [0.2, 0.25) is 0 Å². The van der Waals surface area contributed by atoms with Crippen LogP contribution in [-0.4, -0.2) is 18.7 Å². The molecule has 2 N–H and O–H groups in total. The number of hydrogen-bond donors (Lipinski definition) is 1. The molecule has 1 atom stereocenters. The Morgan fingerprint density at radius 2 is 2.33 bits per heavy atom. The van der Waals surface area contributed by atoms with Crippen LogP contribution in [0.4, 0.5) is 0 Å². The zero-order chi connectivity index (χ0) is 11.1. The molecule has 0 aliphatic rings. The lowest BCUT2D eigenvalue weighted by Crippen LogP contribution is -2.15. The van der Waals surface area contributed by atoms with Gasteiger partial charge in [-0.15, -0.1) is 0 Å². The highest BCUT2D eigenvalue weighted by molar-refractivity contribution is 5.22. The van der Waals surface area contributed by atoms with Crippen molar-refractivity contribution in [1.82, 2.24) is 4.98 Å². The van der Waals surface area contributed by atoms with Crippen molar-refractivity contribution in [3.8, 4) is 0 Å². The third-order valence-corrected chi connectivity index (χ3v) is 2.52. The van der Waals surface area contributed by atoms with E-state index in [4.69, 9.17) is 10.5 Å². The summed E-state index contributed by atoms with van der Waals surface area (Å²) in [6.45, 7) is 2.89. The molecule has 1 heterocycles. The molecule has 0 saturated carbocycles. The van der Waals surface area contributed by atoms with Gasteiger partial charge in [0.25, 0.3) is 0 Å². The van der Waals surface area contributed by atoms with Crippen LogP contribution < -0.4 is 5.73 Å². The van der Waals surface area contributed by atoms with E-state index in [9.17, 15) is 0 Å². The van der Waals surface area contributed by atoms with Gasteiger partial charge < -0.3 is 10.5 Å². The first-order chi connectivity index (χ1) is 7.29. The summed E-state index contributed by atoms with van der Waals surface area (Å²) in [5, 5.41) is 0. The van der Waals surface area contributed by atoms with E-state index in [1.54, 1.807) is 7.11 Å². The molecule has 0 fully saturated rings. The summed E-state index contributed by atoms with van der Waals surface area (Å²) in [7, 11) is 1.71. The maximum Gasteiger partial charge on any atom is 0.0602 e. The number of nitrogens with zero attached hydrogens (tertiary/aromatic N) is 1. The summed E-state index contributed by atoms with van der Waals surface area (Å²) in [5.74, 6) is 0. The fourth-order valence-corrected chi connectivity index (χ4v) is 1.67. The highest BCUT2D eigenvalue weighted by Gasteiger charge is 2.10. The van der Waals surface area contributed by atoms with Gasteiger partial charge in [-0.3, -0.25) is 4.98 Å². The van der Waals surface area contributed by atoms with Gasteiger partial charge in [0.05, 0.1) is 5.69 Å². The quantitative estimate of drug-likeness (QED) is 0.728. The Hall–Kier alpha value is -0.930. The molecule has 1 aromatic rings. The Morgan fingerprint density at radius 1 is 1.53 bits per heavy atom. The van der Waals surface area contributed by atoms with Gasteiger partial charge in [-0.05, 0) is 30.9 Å². The predicted molar refractivity (Wildman–Crippen MR) is 61.7 cm³/mol. The molecule has 0 spiro atoms. The van der Waals surface area contributed by atoms with Crippen molar-refractivity contribution in [3.63, 3.8) is 0 Å². The molecule has 0 saturated heterocycles. The summed E-state index contributed by atoms with van der Waals surface area (Å²) in [6, 6.07) is 4.10. The number of aromatic nitrogens is 1. The van der Waals surface area contributed by atoms with Crippen LogP contribution in [0.5, 0.6) is 0 Å². The average molecular weight is 208 g/mol. The standard InChI is InChI=1S/C12H20N2O/c1-3-10-6-4-8-14-12(10)11(13)7-5-9-15-2/h4,6,8,11H,3,5,7,9,13H2,1-2H3. The van der Waals surface area contributed by atoms with Crippen LogP contribution in [0.2, 0.25) is 0 Å².